The maximum absolute atomic E-state index is 13.6. The summed E-state index contributed by atoms with van der Waals surface area (Å²) in [5.41, 5.74) is 2.55. The number of hydrogen-bond donors (Lipinski definition) is 0. The molecular formula is C22H26N2OS2. The molecule has 2 aromatic heterocycles. The van der Waals surface area contributed by atoms with Crippen LogP contribution in [0.5, 0.6) is 0 Å². The van der Waals surface area contributed by atoms with Gasteiger partial charge in [0.25, 0.3) is 5.56 Å². The molecule has 0 N–H and O–H groups in total. The molecule has 0 amide bonds. The van der Waals surface area contributed by atoms with E-state index >= 15 is 0 Å². The molecule has 1 aliphatic rings. The Kier molecular flexibility index (Phi) is 4.93. The Hall–Kier alpha value is -1.59. The van der Waals surface area contributed by atoms with Gasteiger partial charge in [-0.15, -0.1) is 11.3 Å². The van der Waals surface area contributed by atoms with Crippen molar-refractivity contribution in [3.63, 3.8) is 0 Å². The fraction of sp³-hybridized carbons (Fsp3) is 0.455. The zero-order valence-corrected chi connectivity index (χ0v) is 18.0. The lowest BCUT2D eigenvalue weighted by Gasteiger charge is -2.33. The summed E-state index contributed by atoms with van der Waals surface area (Å²) in [6.07, 6.45) is 3.21. The molecule has 1 aliphatic carbocycles. The van der Waals surface area contributed by atoms with Crippen LogP contribution in [0, 0.1) is 11.3 Å². The first kappa shape index (κ1) is 18.8. The normalized spacial score (nSPS) is 17.3. The maximum atomic E-state index is 13.6. The summed E-state index contributed by atoms with van der Waals surface area (Å²) in [5, 5.41) is 1.65. The second-order valence-corrected chi connectivity index (χ2v) is 10.6. The molecule has 1 aromatic carbocycles. The maximum Gasteiger partial charge on any atom is 0.267 e. The molecule has 5 heteroatoms. The first-order valence-corrected chi connectivity index (χ1v) is 11.5. The molecule has 27 heavy (non-hydrogen) atoms. The highest BCUT2D eigenvalue weighted by Gasteiger charge is 2.32. The largest absolute Gasteiger partial charge is 0.268 e. The van der Waals surface area contributed by atoms with Crippen LogP contribution < -0.4 is 5.56 Å². The Bertz CT molecular complexity index is 1030. The molecule has 2 heterocycles. The molecule has 0 bridgehead atoms. The van der Waals surface area contributed by atoms with E-state index in [0.717, 1.165) is 46.1 Å². The van der Waals surface area contributed by atoms with Crippen LogP contribution in [-0.2, 0) is 12.8 Å². The molecule has 1 atom stereocenters. The minimum absolute atomic E-state index is 0.0915. The van der Waals surface area contributed by atoms with Gasteiger partial charge >= 0.3 is 0 Å². The van der Waals surface area contributed by atoms with Crippen LogP contribution in [0.2, 0.25) is 0 Å². The highest BCUT2D eigenvalue weighted by molar-refractivity contribution is 7.99. The Morgan fingerprint density at radius 3 is 2.67 bits per heavy atom. The summed E-state index contributed by atoms with van der Waals surface area (Å²) in [5.74, 6) is 1.56. The van der Waals surface area contributed by atoms with Crippen molar-refractivity contribution in [3.05, 3.63) is 51.1 Å². The van der Waals surface area contributed by atoms with E-state index in [0.29, 0.717) is 11.3 Å². The first-order chi connectivity index (χ1) is 12.9. The minimum Gasteiger partial charge on any atom is -0.268 e. The van der Waals surface area contributed by atoms with Gasteiger partial charge in [-0.2, -0.15) is 0 Å². The fourth-order valence-electron chi connectivity index (χ4n) is 3.98. The second-order valence-electron chi connectivity index (χ2n) is 8.29. The zero-order valence-electron chi connectivity index (χ0n) is 16.4. The smallest absolute Gasteiger partial charge is 0.267 e. The van der Waals surface area contributed by atoms with Crippen molar-refractivity contribution in [2.24, 2.45) is 11.3 Å². The number of aryl methyl sites for hydroxylation is 1. The molecule has 3 aromatic rings. The summed E-state index contributed by atoms with van der Waals surface area (Å²) in [6.45, 7) is 9.08. The lowest BCUT2D eigenvalue weighted by atomic mass is 9.72. The van der Waals surface area contributed by atoms with Crippen molar-refractivity contribution in [3.8, 4) is 5.69 Å². The lowest BCUT2D eigenvalue weighted by Crippen LogP contribution is -2.27. The predicted molar refractivity (Wildman–Crippen MR) is 117 cm³/mol. The van der Waals surface area contributed by atoms with Gasteiger partial charge in [0.15, 0.2) is 5.16 Å². The van der Waals surface area contributed by atoms with Crippen molar-refractivity contribution < 1.29 is 0 Å². The topological polar surface area (TPSA) is 34.9 Å². The fourth-order valence-corrected chi connectivity index (χ4v) is 6.06. The van der Waals surface area contributed by atoms with Gasteiger partial charge in [0, 0.05) is 4.88 Å². The van der Waals surface area contributed by atoms with E-state index in [1.165, 1.54) is 10.4 Å². The van der Waals surface area contributed by atoms with E-state index in [1.54, 1.807) is 27.7 Å². The van der Waals surface area contributed by atoms with Crippen molar-refractivity contribution >= 4 is 33.3 Å². The van der Waals surface area contributed by atoms with Crippen LogP contribution >= 0.6 is 23.1 Å². The number of aromatic nitrogens is 2. The number of para-hydroxylation sites is 1. The third-order valence-electron chi connectivity index (χ3n) is 5.56. The van der Waals surface area contributed by atoms with Crippen molar-refractivity contribution in [2.45, 2.75) is 52.1 Å². The van der Waals surface area contributed by atoms with E-state index < -0.39 is 0 Å². The average molecular weight is 399 g/mol. The molecule has 0 saturated heterocycles. The Labute approximate surface area is 168 Å². The number of rotatable bonds is 3. The molecule has 0 radical (unpaired) electrons. The summed E-state index contributed by atoms with van der Waals surface area (Å²) in [7, 11) is 0. The number of hydrogen-bond acceptors (Lipinski definition) is 4. The molecule has 0 fully saturated rings. The van der Waals surface area contributed by atoms with Gasteiger partial charge in [-0.3, -0.25) is 9.36 Å². The van der Waals surface area contributed by atoms with Gasteiger partial charge in [0.05, 0.1) is 11.1 Å². The molecule has 0 spiro atoms. The summed E-state index contributed by atoms with van der Waals surface area (Å²) >= 11 is 3.37. The van der Waals surface area contributed by atoms with Crippen LogP contribution in [0.4, 0.5) is 0 Å². The minimum atomic E-state index is 0.0915. The Morgan fingerprint density at radius 1 is 1.26 bits per heavy atom. The summed E-state index contributed by atoms with van der Waals surface area (Å²) < 4.78 is 1.80. The average Bonchev–Trinajstić information content (AvgIpc) is 3.00. The van der Waals surface area contributed by atoms with Gasteiger partial charge < -0.3 is 0 Å². The number of nitrogens with zero attached hydrogens (tertiary/aromatic N) is 2. The molecule has 142 valence electrons. The van der Waals surface area contributed by atoms with Crippen LogP contribution in [0.25, 0.3) is 15.9 Å². The van der Waals surface area contributed by atoms with Crippen molar-refractivity contribution in [1.82, 2.24) is 9.55 Å². The molecule has 0 aliphatic heterocycles. The highest BCUT2D eigenvalue weighted by atomic mass is 32.2. The van der Waals surface area contributed by atoms with E-state index in [-0.39, 0.29) is 5.56 Å². The van der Waals surface area contributed by atoms with Gasteiger partial charge in [-0.05, 0) is 54.0 Å². The van der Waals surface area contributed by atoms with Gasteiger partial charge in [-0.1, -0.05) is 57.7 Å². The molecule has 0 saturated carbocycles. The van der Waals surface area contributed by atoms with Crippen molar-refractivity contribution in [2.75, 3.05) is 5.75 Å². The summed E-state index contributed by atoms with van der Waals surface area (Å²) in [6, 6.07) is 9.91. The second kappa shape index (κ2) is 7.10. The molecule has 3 nitrogen and oxygen atoms in total. The number of thiophene rings is 1. The number of fused-ring (bicyclic) bond motifs is 3. The van der Waals surface area contributed by atoms with Gasteiger partial charge in [0.1, 0.15) is 4.83 Å². The molecule has 4 rings (SSSR count). The lowest BCUT2D eigenvalue weighted by molar-refractivity contribution is 0.218. The van der Waals surface area contributed by atoms with Crippen LogP contribution in [-0.4, -0.2) is 15.3 Å². The first-order valence-electron chi connectivity index (χ1n) is 9.65. The third kappa shape index (κ3) is 3.36. The van der Waals surface area contributed by atoms with Crippen LogP contribution in [0.15, 0.2) is 40.3 Å². The Morgan fingerprint density at radius 2 is 2.00 bits per heavy atom. The third-order valence-corrected chi connectivity index (χ3v) is 7.53. The van der Waals surface area contributed by atoms with Gasteiger partial charge in [0.2, 0.25) is 0 Å². The van der Waals surface area contributed by atoms with Crippen LogP contribution in [0.1, 0.15) is 44.6 Å². The Balaban J connectivity index is 1.92. The zero-order chi connectivity index (χ0) is 19.2. The highest BCUT2D eigenvalue weighted by Crippen LogP contribution is 2.42. The predicted octanol–water partition coefficient (Wildman–Crippen LogP) is 5.71. The molecular weight excluding hydrogens is 372 g/mol. The monoisotopic (exact) mass is 398 g/mol. The number of thioether (sulfide) groups is 1. The van der Waals surface area contributed by atoms with Gasteiger partial charge in [-0.25, -0.2) is 4.98 Å². The van der Waals surface area contributed by atoms with E-state index in [9.17, 15) is 4.79 Å². The van der Waals surface area contributed by atoms with Crippen LogP contribution in [0.3, 0.4) is 0 Å². The quantitative estimate of drug-likeness (QED) is 0.419. The summed E-state index contributed by atoms with van der Waals surface area (Å²) in [4.78, 5) is 20.8. The number of benzene rings is 1. The molecule has 0 unspecified atom stereocenters. The van der Waals surface area contributed by atoms with E-state index in [4.69, 9.17) is 4.98 Å². The standard InChI is InChI=1S/C22H26N2OS2/c1-5-26-21-23-19-18(20(25)24(21)15-9-7-6-8-10-15)16-12-11-14(22(2,3)4)13-17(16)27-19/h6-10,14H,5,11-13H2,1-4H3/t14-/m0/s1. The van der Waals surface area contributed by atoms with E-state index in [1.807, 2.05) is 30.3 Å². The van der Waals surface area contributed by atoms with Crippen molar-refractivity contribution in [1.29, 1.82) is 0 Å². The van der Waals surface area contributed by atoms with E-state index in [2.05, 4.69) is 27.7 Å². The SMILES string of the molecule is CCSc1nc2sc3c(c2c(=O)n1-c1ccccc1)CC[C@H](C(C)(C)C)C3.